The molecule has 5 nitrogen and oxygen atoms in total. The van der Waals surface area contributed by atoms with Crippen LogP contribution in [0.5, 0.6) is 0 Å². The molecule has 0 aliphatic heterocycles. The van der Waals surface area contributed by atoms with E-state index in [0.29, 0.717) is 25.2 Å². The molecule has 0 atom stereocenters. The van der Waals surface area contributed by atoms with E-state index in [0.717, 1.165) is 11.1 Å². The Labute approximate surface area is 106 Å². The molecule has 2 aromatic rings. The zero-order valence-corrected chi connectivity index (χ0v) is 10.3. The van der Waals surface area contributed by atoms with Crippen LogP contribution in [-0.4, -0.2) is 27.3 Å². The van der Waals surface area contributed by atoms with Gasteiger partial charge in [0.2, 0.25) is 0 Å². The molecule has 94 valence electrons. The first-order valence-corrected chi connectivity index (χ1v) is 5.88. The summed E-state index contributed by atoms with van der Waals surface area (Å²) in [7, 11) is 0. The number of hydrogen-bond donors (Lipinski definition) is 1. The number of ketones is 1. The van der Waals surface area contributed by atoms with E-state index >= 15 is 0 Å². The SMILES string of the molecule is Cc1ccccc1CC(=O)c1cn(CCN)nn1. The first kappa shape index (κ1) is 12.4. The maximum Gasteiger partial charge on any atom is 0.189 e. The minimum Gasteiger partial charge on any atom is -0.329 e. The van der Waals surface area contributed by atoms with E-state index in [9.17, 15) is 4.79 Å². The number of aryl methyl sites for hydroxylation is 1. The normalized spacial score (nSPS) is 10.6. The highest BCUT2D eigenvalue weighted by Crippen LogP contribution is 2.10. The first-order valence-electron chi connectivity index (χ1n) is 5.88. The molecule has 0 saturated heterocycles. The second-order valence-corrected chi connectivity index (χ2v) is 4.18. The van der Waals surface area contributed by atoms with Gasteiger partial charge >= 0.3 is 0 Å². The van der Waals surface area contributed by atoms with Crippen LogP contribution >= 0.6 is 0 Å². The number of rotatable bonds is 5. The van der Waals surface area contributed by atoms with Gasteiger partial charge in [-0.2, -0.15) is 0 Å². The third-order valence-electron chi connectivity index (χ3n) is 2.79. The number of hydrogen-bond acceptors (Lipinski definition) is 4. The van der Waals surface area contributed by atoms with Crippen molar-refractivity contribution in [3.8, 4) is 0 Å². The summed E-state index contributed by atoms with van der Waals surface area (Å²) >= 11 is 0. The predicted molar refractivity (Wildman–Crippen MR) is 68.3 cm³/mol. The summed E-state index contributed by atoms with van der Waals surface area (Å²) in [6, 6.07) is 7.84. The van der Waals surface area contributed by atoms with E-state index in [1.807, 2.05) is 31.2 Å². The summed E-state index contributed by atoms with van der Waals surface area (Å²) in [6.45, 7) is 3.05. The van der Waals surface area contributed by atoms with Crippen LogP contribution in [0.15, 0.2) is 30.5 Å². The molecular weight excluding hydrogens is 228 g/mol. The molecule has 5 heteroatoms. The summed E-state index contributed by atoms with van der Waals surface area (Å²) in [6.07, 6.45) is 2.00. The van der Waals surface area contributed by atoms with E-state index in [4.69, 9.17) is 5.73 Å². The lowest BCUT2D eigenvalue weighted by Crippen LogP contribution is -2.10. The first-order chi connectivity index (χ1) is 8.70. The molecule has 0 aliphatic carbocycles. The fourth-order valence-corrected chi connectivity index (χ4v) is 1.74. The van der Waals surface area contributed by atoms with Gasteiger partial charge in [-0.3, -0.25) is 9.48 Å². The zero-order chi connectivity index (χ0) is 13.0. The highest BCUT2D eigenvalue weighted by atomic mass is 16.1. The van der Waals surface area contributed by atoms with Gasteiger partial charge in [0.1, 0.15) is 5.69 Å². The summed E-state index contributed by atoms with van der Waals surface area (Å²) in [5.41, 5.74) is 7.95. The van der Waals surface area contributed by atoms with E-state index in [1.165, 1.54) is 0 Å². The third-order valence-corrected chi connectivity index (χ3v) is 2.79. The fourth-order valence-electron chi connectivity index (χ4n) is 1.74. The van der Waals surface area contributed by atoms with E-state index in [-0.39, 0.29) is 5.78 Å². The lowest BCUT2D eigenvalue weighted by molar-refractivity contribution is 0.0988. The molecule has 2 N–H and O–H groups in total. The zero-order valence-electron chi connectivity index (χ0n) is 10.3. The van der Waals surface area contributed by atoms with Crippen LogP contribution in [0.25, 0.3) is 0 Å². The van der Waals surface area contributed by atoms with Crippen LogP contribution in [-0.2, 0) is 13.0 Å². The number of aromatic nitrogens is 3. The molecule has 0 amide bonds. The molecule has 0 spiro atoms. The van der Waals surface area contributed by atoms with Gasteiger partial charge in [0.05, 0.1) is 12.7 Å². The van der Waals surface area contributed by atoms with Crippen LogP contribution in [0.1, 0.15) is 21.6 Å². The standard InChI is InChI=1S/C13H16N4O/c1-10-4-2-3-5-11(10)8-13(18)12-9-17(7-6-14)16-15-12/h2-5,9H,6-8,14H2,1H3. The quantitative estimate of drug-likeness (QED) is 0.795. The molecule has 0 bridgehead atoms. The van der Waals surface area contributed by atoms with Crippen LogP contribution in [0, 0.1) is 6.92 Å². The average molecular weight is 244 g/mol. The summed E-state index contributed by atoms with van der Waals surface area (Å²) in [5, 5.41) is 7.73. The molecular formula is C13H16N4O. The Morgan fingerprint density at radius 3 is 2.89 bits per heavy atom. The van der Waals surface area contributed by atoms with Crippen molar-refractivity contribution in [3.05, 3.63) is 47.3 Å². The molecule has 0 aliphatic rings. The number of benzene rings is 1. The number of nitrogens with two attached hydrogens (primary N) is 1. The average Bonchev–Trinajstić information content (AvgIpc) is 2.81. The van der Waals surface area contributed by atoms with Crippen molar-refractivity contribution in [1.82, 2.24) is 15.0 Å². The topological polar surface area (TPSA) is 73.8 Å². The van der Waals surface area contributed by atoms with Gasteiger partial charge in [-0.25, -0.2) is 0 Å². The summed E-state index contributed by atoms with van der Waals surface area (Å²) in [4.78, 5) is 12.0. The number of carbonyl (C=O) groups is 1. The van der Waals surface area contributed by atoms with Crippen molar-refractivity contribution in [3.63, 3.8) is 0 Å². The maximum absolute atomic E-state index is 12.0. The molecule has 0 unspecified atom stereocenters. The number of carbonyl (C=O) groups excluding carboxylic acids is 1. The minimum atomic E-state index is -0.0208. The minimum absolute atomic E-state index is 0.0208. The Bertz CT molecular complexity index is 547. The molecule has 0 radical (unpaired) electrons. The van der Waals surface area contributed by atoms with E-state index in [1.54, 1.807) is 10.9 Å². The van der Waals surface area contributed by atoms with Gasteiger partial charge in [0.25, 0.3) is 0 Å². The highest BCUT2D eigenvalue weighted by Gasteiger charge is 2.12. The van der Waals surface area contributed by atoms with Crippen LogP contribution in [0.3, 0.4) is 0 Å². The fraction of sp³-hybridized carbons (Fsp3) is 0.308. The van der Waals surface area contributed by atoms with Crippen molar-refractivity contribution in [1.29, 1.82) is 0 Å². The highest BCUT2D eigenvalue weighted by molar-refractivity contribution is 5.95. The summed E-state index contributed by atoms with van der Waals surface area (Å²) < 4.78 is 1.59. The van der Waals surface area contributed by atoms with Crippen molar-refractivity contribution >= 4 is 5.78 Å². The number of Topliss-reactive ketones (excluding diaryl/α,β-unsaturated/α-hetero) is 1. The third kappa shape index (κ3) is 2.81. The molecule has 1 aromatic heterocycles. The molecule has 0 saturated carbocycles. The second kappa shape index (κ2) is 5.55. The van der Waals surface area contributed by atoms with Gasteiger partial charge < -0.3 is 5.73 Å². The van der Waals surface area contributed by atoms with Gasteiger partial charge in [-0.15, -0.1) is 5.10 Å². The Morgan fingerprint density at radius 2 is 2.17 bits per heavy atom. The molecule has 0 fully saturated rings. The largest absolute Gasteiger partial charge is 0.329 e. The Kier molecular flexibility index (Phi) is 3.84. The molecule has 2 rings (SSSR count). The van der Waals surface area contributed by atoms with Crippen molar-refractivity contribution in [2.45, 2.75) is 19.9 Å². The van der Waals surface area contributed by atoms with E-state index in [2.05, 4.69) is 10.3 Å². The van der Waals surface area contributed by atoms with Crippen LogP contribution in [0.2, 0.25) is 0 Å². The lowest BCUT2D eigenvalue weighted by Gasteiger charge is -2.02. The van der Waals surface area contributed by atoms with Crippen molar-refractivity contribution in [2.75, 3.05) is 6.54 Å². The summed E-state index contributed by atoms with van der Waals surface area (Å²) in [5.74, 6) is -0.0208. The lowest BCUT2D eigenvalue weighted by atomic mass is 10.0. The van der Waals surface area contributed by atoms with Crippen LogP contribution in [0.4, 0.5) is 0 Å². The molecule has 1 aromatic carbocycles. The molecule has 1 heterocycles. The van der Waals surface area contributed by atoms with Gasteiger partial charge in [-0.1, -0.05) is 29.5 Å². The van der Waals surface area contributed by atoms with Gasteiger partial charge in [0, 0.05) is 13.0 Å². The van der Waals surface area contributed by atoms with Crippen molar-refractivity contribution < 1.29 is 4.79 Å². The molecule has 18 heavy (non-hydrogen) atoms. The Hall–Kier alpha value is -2.01. The maximum atomic E-state index is 12.0. The van der Waals surface area contributed by atoms with Gasteiger partial charge in [-0.05, 0) is 18.1 Å². The smallest absolute Gasteiger partial charge is 0.189 e. The monoisotopic (exact) mass is 244 g/mol. The van der Waals surface area contributed by atoms with Crippen LogP contribution < -0.4 is 5.73 Å². The van der Waals surface area contributed by atoms with Crippen molar-refractivity contribution in [2.24, 2.45) is 5.73 Å². The van der Waals surface area contributed by atoms with E-state index < -0.39 is 0 Å². The Morgan fingerprint density at radius 1 is 1.39 bits per heavy atom. The predicted octanol–water partition coefficient (Wildman–Crippen LogP) is 0.971. The Balaban J connectivity index is 2.10. The second-order valence-electron chi connectivity index (χ2n) is 4.18. The number of nitrogens with zero attached hydrogens (tertiary/aromatic N) is 3. The van der Waals surface area contributed by atoms with Gasteiger partial charge in [0.15, 0.2) is 5.78 Å².